The van der Waals surface area contributed by atoms with E-state index in [1.54, 1.807) is 12.1 Å². The molecule has 1 aromatic carbocycles. The second-order valence-corrected chi connectivity index (χ2v) is 4.82. The van der Waals surface area contributed by atoms with Crippen molar-refractivity contribution >= 4 is 10.0 Å². The van der Waals surface area contributed by atoms with Crippen LogP contribution in [-0.4, -0.2) is 19.8 Å². The molecule has 2 N–H and O–H groups in total. The third-order valence-electron chi connectivity index (χ3n) is 1.66. The number of hydrogen-bond donors (Lipinski definition) is 2. The van der Waals surface area contributed by atoms with E-state index in [0.717, 1.165) is 5.56 Å². The van der Waals surface area contributed by atoms with Crippen molar-refractivity contribution in [2.75, 3.05) is 0 Å². The third-order valence-corrected chi connectivity index (χ3v) is 3.20. The van der Waals surface area contributed by atoms with E-state index in [0.29, 0.717) is 0 Å². The van der Waals surface area contributed by atoms with Crippen LogP contribution in [0.15, 0.2) is 29.2 Å². The summed E-state index contributed by atoms with van der Waals surface area (Å²) in [4.78, 5) is 0.156. The van der Waals surface area contributed by atoms with E-state index < -0.39 is 16.3 Å². The first-order valence-corrected chi connectivity index (χ1v) is 5.67. The molecule has 0 spiro atoms. The fraction of sp³-hybridized carbons (Fsp3) is 0.333. The van der Waals surface area contributed by atoms with Gasteiger partial charge in [-0.2, -0.15) is 4.72 Å². The van der Waals surface area contributed by atoms with E-state index in [1.807, 2.05) is 6.92 Å². The van der Waals surface area contributed by atoms with Gasteiger partial charge in [0.05, 0.1) is 4.90 Å². The number of sulfonamides is 1. The molecule has 0 aliphatic rings. The predicted molar refractivity (Wildman–Crippen MR) is 53.2 cm³/mol. The van der Waals surface area contributed by atoms with E-state index >= 15 is 0 Å². The van der Waals surface area contributed by atoms with Crippen LogP contribution in [0.2, 0.25) is 0 Å². The fourth-order valence-electron chi connectivity index (χ4n) is 1.01. The van der Waals surface area contributed by atoms with E-state index in [2.05, 4.69) is 4.72 Å². The molecule has 1 aromatic rings. The Kier molecular flexibility index (Phi) is 3.25. The summed E-state index contributed by atoms with van der Waals surface area (Å²) in [6, 6.07) is 6.41. The number of hydrogen-bond acceptors (Lipinski definition) is 3. The number of benzene rings is 1. The molecule has 0 fully saturated rings. The summed E-state index contributed by atoms with van der Waals surface area (Å²) in [5.74, 6) is 0. The van der Waals surface area contributed by atoms with Crippen LogP contribution in [0.5, 0.6) is 0 Å². The quantitative estimate of drug-likeness (QED) is 0.726. The minimum atomic E-state index is -3.58. The number of nitrogens with one attached hydrogen (secondary N) is 1. The smallest absolute Gasteiger partial charge is 0.242 e. The second-order valence-electron chi connectivity index (χ2n) is 3.11. The fourth-order valence-corrected chi connectivity index (χ4v) is 2.09. The maximum Gasteiger partial charge on any atom is 0.242 e. The van der Waals surface area contributed by atoms with Gasteiger partial charge in [0.1, 0.15) is 6.23 Å². The lowest BCUT2D eigenvalue weighted by Gasteiger charge is -2.08. The summed E-state index contributed by atoms with van der Waals surface area (Å²) in [7, 11) is -3.58. The molecule has 0 amide bonds. The van der Waals surface area contributed by atoms with Gasteiger partial charge in [-0.25, -0.2) is 8.42 Å². The number of aliphatic hydroxyl groups is 1. The van der Waals surface area contributed by atoms with Crippen LogP contribution in [0.1, 0.15) is 12.5 Å². The Bertz CT molecular complexity index is 395. The van der Waals surface area contributed by atoms with Crippen molar-refractivity contribution < 1.29 is 13.5 Å². The monoisotopic (exact) mass is 215 g/mol. The minimum absolute atomic E-state index is 0.156. The Morgan fingerprint density at radius 1 is 1.29 bits per heavy atom. The van der Waals surface area contributed by atoms with Crippen LogP contribution in [0.4, 0.5) is 0 Å². The predicted octanol–water partition coefficient (Wildman–Crippen LogP) is 0.612. The standard InChI is InChI=1S/C9H13NO3S/c1-7-3-5-9(6-4-7)14(12,13)10-8(2)11/h3-6,8,10-11H,1-2H3. The molecule has 0 bridgehead atoms. The molecule has 0 aromatic heterocycles. The molecule has 1 unspecified atom stereocenters. The van der Waals surface area contributed by atoms with Gasteiger partial charge >= 0.3 is 0 Å². The molecule has 14 heavy (non-hydrogen) atoms. The number of aliphatic hydroxyl groups excluding tert-OH is 1. The van der Waals surface area contributed by atoms with Crippen LogP contribution in [0.3, 0.4) is 0 Å². The summed E-state index contributed by atoms with van der Waals surface area (Å²) in [5, 5.41) is 8.91. The largest absolute Gasteiger partial charge is 0.378 e. The Balaban J connectivity index is 2.99. The minimum Gasteiger partial charge on any atom is -0.378 e. The third kappa shape index (κ3) is 2.80. The second kappa shape index (κ2) is 4.08. The van der Waals surface area contributed by atoms with Crippen molar-refractivity contribution in [3.8, 4) is 0 Å². The molecule has 78 valence electrons. The van der Waals surface area contributed by atoms with Crippen LogP contribution >= 0.6 is 0 Å². The van der Waals surface area contributed by atoms with Crippen molar-refractivity contribution in [3.05, 3.63) is 29.8 Å². The van der Waals surface area contributed by atoms with E-state index in [4.69, 9.17) is 5.11 Å². The van der Waals surface area contributed by atoms with Gasteiger partial charge < -0.3 is 5.11 Å². The molecule has 0 heterocycles. The topological polar surface area (TPSA) is 66.4 Å². The molecule has 4 nitrogen and oxygen atoms in total. The average molecular weight is 215 g/mol. The Morgan fingerprint density at radius 2 is 1.79 bits per heavy atom. The molecular weight excluding hydrogens is 202 g/mol. The summed E-state index contributed by atoms with van der Waals surface area (Å²) < 4.78 is 25.0. The molecule has 0 aliphatic heterocycles. The van der Waals surface area contributed by atoms with E-state index in [1.165, 1.54) is 19.1 Å². The zero-order valence-electron chi connectivity index (χ0n) is 8.06. The highest BCUT2D eigenvalue weighted by molar-refractivity contribution is 7.89. The Hall–Kier alpha value is -0.910. The SMILES string of the molecule is Cc1ccc(S(=O)(=O)NC(C)O)cc1. The maximum atomic E-state index is 11.5. The van der Waals surface area contributed by atoms with Gasteiger partial charge in [0, 0.05) is 0 Å². The van der Waals surface area contributed by atoms with Crippen molar-refractivity contribution in [3.63, 3.8) is 0 Å². The molecule has 1 rings (SSSR count). The lowest BCUT2D eigenvalue weighted by Crippen LogP contribution is -2.32. The van der Waals surface area contributed by atoms with Gasteiger partial charge in [-0.3, -0.25) is 0 Å². The Morgan fingerprint density at radius 3 is 2.21 bits per heavy atom. The first kappa shape index (κ1) is 11.2. The van der Waals surface area contributed by atoms with Gasteiger partial charge in [-0.15, -0.1) is 0 Å². The highest BCUT2D eigenvalue weighted by atomic mass is 32.2. The summed E-state index contributed by atoms with van der Waals surface area (Å²) in [6.07, 6.45) is -1.08. The van der Waals surface area contributed by atoms with E-state index in [-0.39, 0.29) is 4.90 Å². The van der Waals surface area contributed by atoms with E-state index in [9.17, 15) is 8.42 Å². The van der Waals surface area contributed by atoms with Crippen molar-refractivity contribution in [1.29, 1.82) is 0 Å². The van der Waals surface area contributed by atoms with Crippen LogP contribution < -0.4 is 4.72 Å². The molecule has 1 atom stereocenters. The summed E-state index contributed by atoms with van der Waals surface area (Å²) in [6.45, 7) is 3.23. The van der Waals surface area contributed by atoms with Gasteiger partial charge in [0.25, 0.3) is 0 Å². The highest BCUT2D eigenvalue weighted by Gasteiger charge is 2.14. The zero-order valence-corrected chi connectivity index (χ0v) is 8.88. The normalized spacial score (nSPS) is 13.9. The molecule has 0 saturated heterocycles. The van der Waals surface area contributed by atoms with Gasteiger partial charge in [-0.1, -0.05) is 17.7 Å². The first-order valence-electron chi connectivity index (χ1n) is 4.19. The van der Waals surface area contributed by atoms with Gasteiger partial charge in [0.2, 0.25) is 10.0 Å². The highest BCUT2D eigenvalue weighted by Crippen LogP contribution is 2.09. The number of rotatable bonds is 3. The van der Waals surface area contributed by atoms with Gasteiger partial charge in [-0.05, 0) is 26.0 Å². The molecular formula is C9H13NO3S. The van der Waals surface area contributed by atoms with Crippen molar-refractivity contribution in [2.45, 2.75) is 25.0 Å². The molecule has 0 saturated carbocycles. The lowest BCUT2D eigenvalue weighted by atomic mass is 10.2. The zero-order chi connectivity index (χ0) is 10.8. The summed E-state index contributed by atoms with van der Waals surface area (Å²) >= 11 is 0. The Labute approximate surface area is 83.6 Å². The van der Waals surface area contributed by atoms with Crippen LogP contribution in [-0.2, 0) is 10.0 Å². The van der Waals surface area contributed by atoms with Crippen LogP contribution in [0, 0.1) is 6.92 Å². The van der Waals surface area contributed by atoms with Crippen molar-refractivity contribution in [1.82, 2.24) is 4.72 Å². The number of aryl methyl sites for hydroxylation is 1. The van der Waals surface area contributed by atoms with Crippen LogP contribution in [0.25, 0.3) is 0 Å². The average Bonchev–Trinajstić information content (AvgIpc) is 2.02. The summed E-state index contributed by atoms with van der Waals surface area (Å²) in [5.41, 5.74) is 0.987. The first-order chi connectivity index (χ1) is 6.42. The van der Waals surface area contributed by atoms with Gasteiger partial charge in [0.15, 0.2) is 0 Å². The maximum absolute atomic E-state index is 11.5. The molecule has 5 heteroatoms. The lowest BCUT2D eigenvalue weighted by molar-refractivity contribution is 0.184. The molecule has 0 radical (unpaired) electrons. The van der Waals surface area contributed by atoms with Crippen molar-refractivity contribution in [2.24, 2.45) is 0 Å². The molecule has 0 aliphatic carbocycles.